The quantitative estimate of drug-likeness (QED) is 0.192. The summed E-state index contributed by atoms with van der Waals surface area (Å²) in [5.74, 6) is -0.184. The number of nitrogens with two attached hydrogens (primary N) is 1. The van der Waals surface area contributed by atoms with Gasteiger partial charge in [0.25, 0.3) is 0 Å². The van der Waals surface area contributed by atoms with Crippen LogP contribution < -0.4 is 11.2 Å². The van der Waals surface area contributed by atoms with Crippen molar-refractivity contribution in [2.24, 2.45) is 10.7 Å². The Morgan fingerprint density at radius 3 is 2.64 bits per heavy atom. The number of aliphatic imine (C=N–C) groups is 1. The standard InChI is InChI=1S/C4H12N4O3/c1-3(9)2-6-4(5)7-8(10)11/h3,9-11H,2H2,1H3,(H3,5,6,7). The lowest BCUT2D eigenvalue weighted by atomic mass is 10.4. The Bertz CT molecular complexity index is 135. The zero-order chi connectivity index (χ0) is 8.85. The van der Waals surface area contributed by atoms with Gasteiger partial charge >= 0.3 is 0 Å². The van der Waals surface area contributed by atoms with E-state index in [4.69, 9.17) is 21.3 Å². The van der Waals surface area contributed by atoms with Crippen molar-refractivity contribution < 1.29 is 15.5 Å². The molecule has 11 heavy (non-hydrogen) atoms. The van der Waals surface area contributed by atoms with Gasteiger partial charge in [-0.15, -0.1) is 0 Å². The smallest absolute Gasteiger partial charge is 0.207 e. The summed E-state index contributed by atoms with van der Waals surface area (Å²) < 4.78 is 0. The maximum Gasteiger partial charge on any atom is 0.207 e. The normalized spacial score (nSPS) is 15.2. The molecule has 0 amide bonds. The molecule has 7 nitrogen and oxygen atoms in total. The number of hydrazine groups is 1. The molecule has 0 aliphatic heterocycles. The van der Waals surface area contributed by atoms with Crippen molar-refractivity contribution in [3.05, 3.63) is 0 Å². The second kappa shape index (κ2) is 4.85. The van der Waals surface area contributed by atoms with E-state index in [0.29, 0.717) is 0 Å². The van der Waals surface area contributed by atoms with E-state index in [1.54, 1.807) is 0 Å². The fourth-order valence-electron chi connectivity index (χ4n) is 0.368. The molecular weight excluding hydrogens is 152 g/mol. The molecule has 0 bridgehead atoms. The Morgan fingerprint density at radius 1 is 1.73 bits per heavy atom. The molecule has 0 saturated heterocycles. The Labute approximate surface area is 63.6 Å². The minimum Gasteiger partial charge on any atom is -0.391 e. The van der Waals surface area contributed by atoms with Crippen LogP contribution in [0.3, 0.4) is 0 Å². The van der Waals surface area contributed by atoms with Crippen LogP contribution in [0.15, 0.2) is 4.99 Å². The van der Waals surface area contributed by atoms with Crippen molar-refractivity contribution in [3.8, 4) is 0 Å². The third kappa shape index (κ3) is 7.00. The van der Waals surface area contributed by atoms with Crippen LogP contribution in [0.5, 0.6) is 0 Å². The molecule has 0 fully saturated rings. The summed E-state index contributed by atoms with van der Waals surface area (Å²) in [6.45, 7) is 1.64. The van der Waals surface area contributed by atoms with Gasteiger partial charge in [0, 0.05) is 5.34 Å². The second-order valence-electron chi connectivity index (χ2n) is 1.98. The maximum atomic E-state index is 8.71. The second-order valence-corrected chi connectivity index (χ2v) is 1.98. The van der Waals surface area contributed by atoms with Crippen molar-refractivity contribution in [3.63, 3.8) is 0 Å². The Balaban J connectivity index is 3.63. The van der Waals surface area contributed by atoms with Crippen LogP contribution >= 0.6 is 0 Å². The molecule has 0 rings (SSSR count). The van der Waals surface area contributed by atoms with Gasteiger partial charge in [-0.05, 0) is 6.92 Å². The number of hydrogen-bond acceptors (Lipinski definition) is 5. The van der Waals surface area contributed by atoms with Crippen molar-refractivity contribution in [1.82, 2.24) is 10.8 Å². The molecular formula is C4H12N4O3. The summed E-state index contributed by atoms with van der Waals surface area (Å²) in [6.07, 6.45) is -0.610. The molecule has 66 valence electrons. The van der Waals surface area contributed by atoms with Gasteiger partial charge in [-0.2, -0.15) is 0 Å². The van der Waals surface area contributed by atoms with Gasteiger partial charge in [-0.25, -0.2) is 10.4 Å². The fraction of sp³-hybridized carbons (Fsp3) is 0.750. The minimum absolute atomic E-state index is 0.104. The van der Waals surface area contributed by atoms with E-state index >= 15 is 0 Å². The SMILES string of the molecule is CC(O)CN=C(N)NN(O)O. The monoisotopic (exact) mass is 164 g/mol. The van der Waals surface area contributed by atoms with Gasteiger partial charge < -0.3 is 10.8 Å². The summed E-state index contributed by atoms with van der Waals surface area (Å²) in [4.78, 5) is 3.54. The summed E-state index contributed by atoms with van der Waals surface area (Å²) in [7, 11) is 0. The van der Waals surface area contributed by atoms with Gasteiger partial charge in [-0.3, -0.25) is 10.4 Å². The highest BCUT2D eigenvalue weighted by Crippen LogP contribution is 1.79. The minimum atomic E-state index is -0.610. The highest BCUT2D eigenvalue weighted by Gasteiger charge is 1.96. The molecule has 0 aliphatic carbocycles. The van der Waals surface area contributed by atoms with Gasteiger partial charge in [0.1, 0.15) is 0 Å². The third-order valence-electron chi connectivity index (χ3n) is 0.740. The molecule has 1 atom stereocenters. The summed E-state index contributed by atoms with van der Waals surface area (Å²) in [5, 5.41) is 24.7. The van der Waals surface area contributed by atoms with Crippen LogP contribution in [-0.2, 0) is 0 Å². The predicted octanol–water partition coefficient (Wildman–Crippen LogP) is -1.73. The van der Waals surface area contributed by atoms with Gasteiger partial charge in [-0.1, -0.05) is 0 Å². The molecule has 0 heterocycles. The molecule has 0 spiro atoms. The lowest BCUT2D eigenvalue weighted by molar-refractivity contribution is -0.329. The van der Waals surface area contributed by atoms with Crippen molar-refractivity contribution in [1.29, 1.82) is 0 Å². The molecule has 0 aromatic rings. The van der Waals surface area contributed by atoms with Gasteiger partial charge in [0.2, 0.25) is 5.96 Å². The van der Waals surface area contributed by atoms with E-state index in [1.165, 1.54) is 6.92 Å². The van der Waals surface area contributed by atoms with E-state index in [-0.39, 0.29) is 17.8 Å². The Morgan fingerprint density at radius 2 is 2.27 bits per heavy atom. The number of aliphatic hydroxyl groups excluding tert-OH is 1. The van der Waals surface area contributed by atoms with Gasteiger partial charge in [0.05, 0.1) is 12.6 Å². The summed E-state index contributed by atoms with van der Waals surface area (Å²) in [6, 6.07) is 0. The first-order chi connectivity index (χ1) is 5.02. The first-order valence-electron chi connectivity index (χ1n) is 2.95. The van der Waals surface area contributed by atoms with E-state index in [2.05, 4.69) is 4.99 Å². The number of nitrogens with zero attached hydrogens (tertiary/aromatic N) is 2. The molecule has 7 heteroatoms. The molecule has 1 unspecified atom stereocenters. The lowest BCUT2D eigenvalue weighted by Gasteiger charge is -2.08. The molecule has 0 aromatic carbocycles. The van der Waals surface area contributed by atoms with Crippen LogP contribution in [0.1, 0.15) is 6.92 Å². The van der Waals surface area contributed by atoms with Crippen molar-refractivity contribution >= 4 is 5.96 Å². The third-order valence-corrected chi connectivity index (χ3v) is 0.740. The first-order valence-corrected chi connectivity index (χ1v) is 2.95. The van der Waals surface area contributed by atoms with Gasteiger partial charge in [0.15, 0.2) is 0 Å². The van der Waals surface area contributed by atoms with E-state index in [0.717, 1.165) is 0 Å². The highest BCUT2D eigenvalue weighted by atomic mass is 16.8. The van der Waals surface area contributed by atoms with E-state index in [1.807, 2.05) is 5.43 Å². The maximum absolute atomic E-state index is 8.71. The average molecular weight is 164 g/mol. The zero-order valence-corrected chi connectivity index (χ0v) is 6.10. The van der Waals surface area contributed by atoms with Crippen LogP contribution in [0, 0.1) is 0 Å². The van der Waals surface area contributed by atoms with E-state index < -0.39 is 6.10 Å². The number of hydrogen-bond donors (Lipinski definition) is 5. The first kappa shape index (κ1) is 10.1. The van der Waals surface area contributed by atoms with Crippen molar-refractivity contribution in [2.45, 2.75) is 13.0 Å². The average Bonchev–Trinajstić information content (AvgIpc) is 1.82. The zero-order valence-electron chi connectivity index (χ0n) is 6.10. The molecule has 6 N–H and O–H groups in total. The summed E-state index contributed by atoms with van der Waals surface area (Å²) >= 11 is 0. The van der Waals surface area contributed by atoms with Crippen molar-refractivity contribution in [2.75, 3.05) is 6.54 Å². The van der Waals surface area contributed by atoms with E-state index in [9.17, 15) is 0 Å². The largest absolute Gasteiger partial charge is 0.391 e. The predicted molar refractivity (Wildman–Crippen MR) is 36.7 cm³/mol. The Hall–Kier alpha value is -0.890. The Kier molecular flexibility index (Phi) is 4.46. The molecule has 0 aliphatic rings. The van der Waals surface area contributed by atoms with Crippen LogP contribution in [0.2, 0.25) is 0 Å². The number of aliphatic hydroxyl groups is 1. The highest BCUT2D eigenvalue weighted by molar-refractivity contribution is 5.77. The van der Waals surface area contributed by atoms with Crippen LogP contribution in [0.4, 0.5) is 0 Å². The molecule has 0 saturated carbocycles. The molecule has 0 radical (unpaired) electrons. The van der Waals surface area contributed by atoms with Crippen LogP contribution in [0.25, 0.3) is 0 Å². The lowest BCUT2D eigenvalue weighted by Crippen LogP contribution is -2.42. The number of rotatable bonds is 3. The number of nitrogens with one attached hydrogen (secondary N) is 1. The molecule has 0 aromatic heterocycles. The number of guanidine groups is 1. The fourth-order valence-corrected chi connectivity index (χ4v) is 0.368. The topological polar surface area (TPSA) is 114 Å². The summed E-state index contributed by atoms with van der Waals surface area (Å²) in [5.41, 5.74) is 6.95. The van der Waals surface area contributed by atoms with Crippen LogP contribution in [-0.4, -0.2) is 39.5 Å².